The van der Waals surface area contributed by atoms with Crippen molar-refractivity contribution in [2.75, 3.05) is 25.1 Å². The van der Waals surface area contributed by atoms with Gasteiger partial charge in [-0.1, -0.05) is 54.1 Å². The van der Waals surface area contributed by atoms with E-state index < -0.39 is 17.6 Å². The highest BCUT2D eigenvalue weighted by Crippen LogP contribution is 2.33. The van der Waals surface area contributed by atoms with Gasteiger partial charge in [0.1, 0.15) is 19.1 Å². The number of fused-ring (bicyclic) bond motifs is 1. The Morgan fingerprint density at radius 3 is 2.34 bits per heavy atom. The Bertz CT molecular complexity index is 1200. The van der Waals surface area contributed by atoms with Crippen molar-refractivity contribution < 1.29 is 23.9 Å². The maximum absolute atomic E-state index is 13.2. The normalized spacial score (nSPS) is 12.9. The molecule has 0 bridgehead atoms. The minimum atomic E-state index is -1.19. The minimum Gasteiger partial charge on any atom is -0.486 e. The number of carbonyl (C=O) groups is 3. The summed E-state index contributed by atoms with van der Waals surface area (Å²) in [5, 5.41) is 6.19. The van der Waals surface area contributed by atoms with Crippen LogP contribution in [0.5, 0.6) is 11.5 Å². The van der Waals surface area contributed by atoms with Crippen LogP contribution in [-0.4, -0.2) is 37.4 Å². The number of amides is 2. The first kappa shape index (κ1) is 24.3. The molecule has 0 unspecified atom stereocenters. The molecule has 0 radical (unpaired) electrons. The van der Waals surface area contributed by atoms with Crippen LogP contribution in [0, 0.1) is 5.92 Å². The highest BCUT2D eigenvalue weighted by atomic mass is 35.5. The zero-order valence-electron chi connectivity index (χ0n) is 19.0. The fourth-order valence-electron chi connectivity index (χ4n) is 3.71. The fraction of sp³-hybridized carbons (Fsp3) is 0.222. The van der Waals surface area contributed by atoms with E-state index in [-0.39, 0.29) is 12.3 Å². The summed E-state index contributed by atoms with van der Waals surface area (Å²) >= 11 is 5.90. The Morgan fingerprint density at radius 2 is 1.60 bits per heavy atom. The van der Waals surface area contributed by atoms with Gasteiger partial charge >= 0.3 is 0 Å². The highest BCUT2D eigenvalue weighted by molar-refractivity contribution is 6.30. The van der Waals surface area contributed by atoms with Gasteiger partial charge in [-0.2, -0.15) is 0 Å². The van der Waals surface area contributed by atoms with Crippen molar-refractivity contribution in [3.8, 4) is 11.5 Å². The van der Waals surface area contributed by atoms with E-state index in [2.05, 4.69) is 10.6 Å². The van der Waals surface area contributed by atoms with Gasteiger partial charge in [0.15, 0.2) is 17.3 Å². The molecule has 7 nitrogen and oxygen atoms in total. The monoisotopic (exact) mass is 492 g/mol. The van der Waals surface area contributed by atoms with Crippen LogP contribution in [0.25, 0.3) is 0 Å². The second-order valence-electron chi connectivity index (χ2n) is 8.06. The van der Waals surface area contributed by atoms with Crippen molar-refractivity contribution in [1.29, 1.82) is 0 Å². The van der Waals surface area contributed by atoms with Crippen LogP contribution in [0.1, 0.15) is 22.3 Å². The van der Waals surface area contributed by atoms with Crippen LogP contribution >= 0.6 is 11.6 Å². The lowest BCUT2D eigenvalue weighted by Gasteiger charge is -2.20. The predicted octanol–water partition coefficient (Wildman–Crippen LogP) is 4.30. The molecule has 0 aromatic heterocycles. The summed E-state index contributed by atoms with van der Waals surface area (Å²) < 4.78 is 11.1. The maximum Gasteiger partial charge on any atom is 0.235 e. The molecule has 1 atom stereocenters. The van der Waals surface area contributed by atoms with Crippen LogP contribution in [0.3, 0.4) is 0 Å². The predicted molar refractivity (Wildman–Crippen MR) is 133 cm³/mol. The van der Waals surface area contributed by atoms with Crippen LogP contribution in [-0.2, 0) is 16.0 Å². The zero-order valence-corrected chi connectivity index (χ0v) is 19.7. The van der Waals surface area contributed by atoms with Gasteiger partial charge in [0.25, 0.3) is 0 Å². The molecule has 180 valence electrons. The summed E-state index contributed by atoms with van der Waals surface area (Å²) in [5.74, 6) is -1.46. The maximum atomic E-state index is 13.2. The largest absolute Gasteiger partial charge is 0.486 e. The Labute approximate surface area is 208 Å². The molecule has 2 N–H and O–H groups in total. The Balaban J connectivity index is 1.43. The Kier molecular flexibility index (Phi) is 8.00. The quantitative estimate of drug-likeness (QED) is 0.343. The van der Waals surface area contributed by atoms with E-state index in [0.717, 1.165) is 5.56 Å². The van der Waals surface area contributed by atoms with Crippen LogP contribution in [0.2, 0.25) is 5.02 Å². The molecule has 1 aliphatic heterocycles. The smallest absolute Gasteiger partial charge is 0.235 e. The second kappa shape index (κ2) is 11.5. The van der Waals surface area contributed by atoms with Crippen molar-refractivity contribution >= 4 is 34.9 Å². The summed E-state index contributed by atoms with van der Waals surface area (Å²) in [4.78, 5) is 39.0. The first-order valence-electron chi connectivity index (χ1n) is 11.3. The van der Waals surface area contributed by atoms with Crippen LogP contribution < -0.4 is 20.1 Å². The van der Waals surface area contributed by atoms with Gasteiger partial charge in [0, 0.05) is 35.3 Å². The molecule has 1 heterocycles. The average Bonchev–Trinajstić information content (AvgIpc) is 2.88. The van der Waals surface area contributed by atoms with E-state index in [1.165, 1.54) is 0 Å². The fourth-order valence-corrected chi connectivity index (χ4v) is 3.84. The first-order valence-corrected chi connectivity index (χ1v) is 11.7. The second-order valence-corrected chi connectivity index (χ2v) is 8.50. The van der Waals surface area contributed by atoms with Crippen LogP contribution in [0.15, 0.2) is 72.8 Å². The van der Waals surface area contributed by atoms with E-state index in [1.807, 2.05) is 12.1 Å². The Hall–Kier alpha value is -3.84. The third-order valence-electron chi connectivity index (χ3n) is 5.54. The number of anilines is 1. The van der Waals surface area contributed by atoms with E-state index in [4.69, 9.17) is 21.1 Å². The molecule has 0 saturated carbocycles. The van der Waals surface area contributed by atoms with Crippen molar-refractivity contribution in [1.82, 2.24) is 5.32 Å². The third-order valence-corrected chi connectivity index (χ3v) is 5.79. The topological polar surface area (TPSA) is 93.7 Å². The molecule has 1 aliphatic rings. The number of carbonyl (C=O) groups excluding carboxylic acids is 3. The molecule has 0 aliphatic carbocycles. The molecule has 2 amide bonds. The summed E-state index contributed by atoms with van der Waals surface area (Å²) in [5.41, 5.74) is 1.83. The van der Waals surface area contributed by atoms with E-state index >= 15 is 0 Å². The van der Waals surface area contributed by atoms with E-state index in [1.54, 1.807) is 60.7 Å². The standard InChI is InChI=1S/C27H25ClN2O5/c28-20-8-6-18(7-9-20)12-13-29-25(31)17-22(26(32)19-4-2-1-3-5-19)27(33)30-21-10-11-23-24(16-21)35-15-14-34-23/h1-11,16,22H,12-15,17H2,(H,29,31)(H,30,33)/t22-/m0/s1. The number of ether oxygens (including phenoxy) is 2. The Morgan fingerprint density at radius 1 is 0.886 bits per heavy atom. The SMILES string of the molecule is O=C(C[C@H](C(=O)Nc1ccc2c(c1)OCCO2)C(=O)c1ccccc1)NCCc1ccc(Cl)cc1. The lowest BCUT2D eigenvalue weighted by Crippen LogP contribution is -2.36. The number of nitrogens with one attached hydrogen (secondary N) is 2. The van der Waals surface area contributed by atoms with Gasteiger partial charge in [0.2, 0.25) is 11.8 Å². The number of Topliss-reactive ketones (excluding diaryl/α,β-unsaturated/α-hetero) is 1. The summed E-state index contributed by atoms with van der Waals surface area (Å²) in [7, 11) is 0. The van der Waals surface area contributed by atoms with E-state index in [0.29, 0.717) is 54.0 Å². The molecule has 3 aromatic carbocycles. The summed E-state index contributed by atoms with van der Waals surface area (Å²) in [6.07, 6.45) is 0.328. The molecule has 4 rings (SSSR count). The molecule has 0 spiro atoms. The number of hydrogen-bond donors (Lipinski definition) is 2. The van der Waals surface area contributed by atoms with Gasteiger partial charge < -0.3 is 20.1 Å². The van der Waals surface area contributed by atoms with Gasteiger partial charge in [-0.15, -0.1) is 0 Å². The summed E-state index contributed by atoms with van der Waals surface area (Å²) in [6, 6.07) is 20.8. The molecular formula is C27H25ClN2O5. The van der Waals surface area contributed by atoms with Crippen molar-refractivity contribution in [2.45, 2.75) is 12.8 Å². The average molecular weight is 493 g/mol. The van der Waals surface area contributed by atoms with Gasteiger partial charge in [-0.05, 0) is 36.2 Å². The third kappa shape index (κ3) is 6.61. The van der Waals surface area contributed by atoms with Gasteiger partial charge in [-0.3, -0.25) is 14.4 Å². The molecule has 0 saturated heterocycles. The number of halogens is 1. The lowest BCUT2D eigenvalue weighted by molar-refractivity contribution is -0.126. The molecule has 35 heavy (non-hydrogen) atoms. The number of ketones is 1. The molecule has 8 heteroatoms. The lowest BCUT2D eigenvalue weighted by atomic mass is 9.93. The van der Waals surface area contributed by atoms with Crippen LogP contribution in [0.4, 0.5) is 5.69 Å². The zero-order chi connectivity index (χ0) is 24.6. The number of hydrogen-bond acceptors (Lipinski definition) is 5. The molecular weight excluding hydrogens is 468 g/mol. The van der Waals surface area contributed by atoms with Gasteiger partial charge in [-0.25, -0.2) is 0 Å². The van der Waals surface area contributed by atoms with Crippen molar-refractivity contribution in [3.63, 3.8) is 0 Å². The highest BCUT2D eigenvalue weighted by Gasteiger charge is 2.30. The summed E-state index contributed by atoms with van der Waals surface area (Å²) in [6.45, 7) is 1.24. The van der Waals surface area contributed by atoms with E-state index in [9.17, 15) is 14.4 Å². The number of rotatable bonds is 9. The van der Waals surface area contributed by atoms with Crippen molar-refractivity contribution in [3.05, 3.63) is 88.9 Å². The molecule has 3 aromatic rings. The van der Waals surface area contributed by atoms with Gasteiger partial charge in [0.05, 0.1) is 0 Å². The first-order chi connectivity index (χ1) is 17.0. The van der Waals surface area contributed by atoms with Crippen molar-refractivity contribution in [2.24, 2.45) is 5.92 Å². The minimum absolute atomic E-state index is 0.273. The molecule has 0 fully saturated rings. The number of benzene rings is 3.